The maximum Gasteiger partial charge on any atom is 0.317 e. The van der Waals surface area contributed by atoms with Crippen LogP contribution in [0.15, 0.2) is 0 Å². The van der Waals surface area contributed by atoms with Crippen molar-refractivity contribution in [2.24, 2.45) is 0 Å². The molecule has 26 heavy (non-hydrogen) atoms. The molecular formula is C14H22O12. The lowest BCUT2D eigenvalue weighted by Gasteiger charge is -2.50. The number of carboxylic acid groups (broad SMARTS) is 1. The van der Waals surface area contributed by atoms with Gasteiger partial charge in [-0.25, -0.2) is 0 Å². The van der Waals surface area contributed by atoms with Crippen molar-refractivity contribution in [3.63, 3.8) is 0 Å². The summed E-state index contributed by atoms with van der Waals surface area (Å²) in [4.78, 5) is 21.6. The summed E-state index contributed by atoms with van der Waals surface area (Å²) in [6.07, 6.45) is -12.2. The van der Waals surface area contributed by atoms with Gasteiger partial charge in [-0.2, -0.15) is 0 Å². The molecule has 2 unspecified atom stereocenters. The van der Waals surface area contributed by atoms with E-state index in [0.717, 1.165) is 0 Å². The Balaban J connectivity index is 2.00. The van der Waals surface area contributed by atoms with Crippen molar-refractivity contribution >= 4 is 11.9 Å². The molecular weight excluding hydrogens is 360 g/mol. The van der Waals surface area contributed by atoms with Crippen LogP contribution in [0.4, 0.5) is 0 Å². The minimum absolute atomic E-state index is 0.426. The van der Waals surface area contributed by atoms with Gasteiger partial charge >= 0.3 is 11.9 Å². The van der Waals surface area contributed by atoms with E-state index in [4.69, 9.17) is 14.6 Å². The standard InChI is InChI=1S/C14H22O12/c15-5-2-25-13(11(21)9(5)19)14(23)4-26-6(10(20)12(14)22)3-24-8(18)1-7(16)17/h5-6,9-13,15,19-23H,1-4H2,(H,16,17)/t5-,6-,9+,10-,11-,12?,13?,14+/m1/s1. The second kappa shape index (κ2) is 8.10. The molecule has 12 heteroatoms. The van der Waals surface area contributed by atoms with Crippen LogP contribution in [0.2, 0.25) is 0 Å². The van der Waals surface area contributed by atoms with Gasteiger partial charge in [0.15, 0.2) is 0 Å². The van der Waals surface area contributed by atoms with Gasteiger partial charge in [0.1, 0.15) is 61.4 Å². The zero-order chi connectivity index (χ0) is 19.6. The van der Waals surface area contributed by atoms with Crippen molar-refractivity contribution < 1.29 is 59.5 Å². The fourth-order valence-corrected chi connectivity index (χ4v) is 2.92. The summed E-state index contributed by atoms with van der Waals surface area (Å²) in [6.45, 7) is -1.66. The summed E-state index contributed by atoms with van der Waals surface area (Å²) >= 11 is 0. The monoisotopic (exact) mass is 382 g/mol. The Bertz CT molecular complexity index is 526. The number of carbonyl (C=O) groups excluding carboxylic acids is 1. The van der Waals surface area contributed by atoms with Crippen molar-refractivity contribution in [1.29, 1.82) is 0 Å². The van der Waals surface area contributed by atoms with E-state index in [2.05, 4.69) is 4.74 Å². The third kappa shape index (κ3) is 4.13. The molecule has 8 atom stereocenters. The maximum atomic E-state index is 11.2. The van der Waals surface area contributed by atoms with Gasteiger partial charge in [0.25, 0.3) is 0 Å². The highest BCUT2D eigenvalue weighted by atomic mass is 16.6. The van der Waals surface area contributed by atoms with Gasteiger partial charge in [0, 0.05) is 0 Å². The molecule has 2 saturated heterocycles. The van der Waals surface area contributed by atoms with E-state index in [1.807, 2.05) is 0 Å². The molecule has 2 aliphatic rings. The average Bonchev–Trinajstić information content (AvgIpc) is 2.56. The van der Waals surface area contributed by atoms with Crippen LogP contribution in [0.3, 0.4) is 0 Å². The highest BCUT2D eigenvalue weighted by Crippen LogP contribution is 2.33. The molecule has 2 rings (SSSR count). The normalized spacial score (nSPS) is 43.7. The van der Waals surface area contributed by atoms with Crippen LogP contribution in [0.5, 0.6) is 0 Å². The van der Waals surface area contributed by atoms with Gasteiger partial charge in [0.2, 0.25) is 0 Å². The Kier molecular flexibility index (Phi) is 6.52. The quantitative estimate of drug-likeness (QED) is 0.177. The van der Waals surface area contributed by atoms with Gasteiger partial charge in [-0.1, -0.05) is 0 Å². The number of carboxylic acids is 1. The van der Waals surface area contributed by atoms with Crippen molar-refractivity contribution in [3.8, 4) is 0 Å². The summed E-state index contributed by atoms with van der Waals surface area (Å²) in [5.41, 5.74) is -2.32. The van der Waals surface area contributed by atoms with Gasteiger partial charge < -0.3 is 50.0 Å². The predicted octanol–water partition coefficient (Wildman–Crippen LogP) is -4.66. The SMILES string of the molecule is O=C(O)CC(=O)OC[C@H]1OC[C@@](O)(C2OC[C@@H](O)[C@H](O)[C@H]2O)C(O)[C@@H]1O. The molecule has 7 N–H and O–H groups in total. The molecule has 0 bridgehead atoms. The topological polar surface area (TPSA) is 203 Å². The van der Waals surface area contributed by atoms with E-state index >= 15 is 0 Å². The van der Waals surface area contributed by atoms with E-state index in [1.165, 1.54) is 0 Å². The first-order valence-electron chi connectivity index (χ1n) is 7.81. The number of aliphatic hydroxyl groups excluding tert-OH is 5. The highest BCUT2D eigenvalue weighted by Gasteiger charge is 2.58. The summed E-state index contributed by atoms with van der Waals surface area (Å²) < 4.78 is 14.9. The van der Waals surface area contributed by atoms with Crippen molar-refractivity contribution in [2.45, 2.75) is 54.7 Å². The van der Waals surface area contributed by atoms with Crippen molar-refractivity contribution in [3.05, 3.63) is 0 Å². The molecule has 2 fully saturated rings. The number of esters is 1. The molecule has 2 heterocycles. The van der Waals surface area contributed by atoms with Gasteiger partial charge in [-0.15, -0.1) is 0 Å². The summed E-state index contributed by atoms with van der Waals surface area (Å²) in [5.74, 6) is -2.48. The molecule has 0 aromatic carbocycles. The fraction of sp³-hybridized carbons (Fsp3) is 0.857. The minimum Gasteiger partial charge on any atom is -0.481 e. The Hall–Kier alpha value is -1.38. The number of aliphatic carboxylic acids is 1. The lowest BCUT2D eigenvalue weighted by atomic mass is 9.79. The third-order valence-corrected chi connectivity index (χ3v) is 4.44. The number of aliphatic hydroxyl groups is 6. The Morgan fingerprint density at radius 3 is 2.31 bits per heavy atom. The first kappa shape index (κ1) is 20.9. The number of carbonyl (C=O) groups is 2. The molecule has 12 nitrogen and oxygen atoms in total. The number of hydrogen-bond acceptors (Lipinski definition) is 11. The third-order valence-electron chi connectivity index (χ3n) is 4.44. The molecule has 0 radical (unpaired) electrons. The number of ether oxygens (including phenoxy) is 3. The van der Waals surface area contributed by atoms with Crippen LogP contribution in [0, 0.1) is 0 Å². The maximum absolute atomic E-state index is 11.2. The summed E-state index contributed by atoms with van der Waals surface area (Å²) in [5, 5.41) is 68.6. The first-order chi connectivity index (χ1) is 12.1. The van der Waals surface area contributed by atoms with Crippen molar-refractivity contribution in [2.75, 3.05) is 19.8 Å². The average molecular weight is 382 g/mol. The second-order valence-electron chi connectivity index (χ2n) is 6.33. The molecule has 0 aromatic rings. The molecule has 0 aromatic heterocycles. The van der Waals surface area contributed by atoms with Crippen LogP contribution in [-0.2, 0) is 23.8 Å². The lowest BCUT2D eigenvalue weighted by molar-refractivity contribution is -0.308. The smallest absolute Gasteiger partial charge is 0.317 e. The second-order valence-corrected chi connectivity index (χ2v) is 6.33. The van der Waals surface area contributed by atoms with Crippen molar-refractivity contribution in [1.82, 2.24) is 0 Å². The lowest BCUT2D eigenvalue weighted by Crippen LogP contribution is -2.72. The minimum atomic E-state index is -2.32. The van der Waals surface area contributed by atoms with Gasteiger partial charge in [-0.05, 0) is 0 Å². The van der Waals surface area contributed by atoms with Gasteiger partial charge in [-0.3, -0.25) is 9.59 Å². The van der Waals surface area contributed by atoms with E-state index < -0.39 is 86.5 Å². The molecule has 0 amide bonds. The van der Waals surface area contributed by atoms with Crippen LogP contribution in [-0.4, -0.2) is 116 Å². The van der Waals surface area contributed by atoms with Gasteiger partial charge in [0.05, 0.1) is 13.2 Å². The molecule has 0 saturated carbocycles. The highest BCUT2D eigenvalue weighted by molar-refractivity contribution is 5.90. The molecule has 0 spiro atoms. The summed E-state index contributed by atoms with van der Waals surface area (Å²) in [6, 6.07) is 0. The van der Waals surface area contributed by atoms with Crippen LogP contribution in [0.25, 0.3) is 0 Å². The predicted molar refractivity (Wildman–Crippen MR) is 77.7 cm³/mol. The van der Waals surface area contributed by atoms with Crippen LogP contribution in [0.1, 0.15) is 6.42 Å². The summed E-state index contributed by atoms with van der Waals surface area (Å²) in [7, 11) is 0. The zero-order valence-electron chi connectivity index (χ0n) is 13.5. The zero-order valence-corrected chi connectivity index (χ0v) is 13.5. The largest absolute Gasteiger partial charge is 0.481 e. The van der Waals surface area contributed by atoms with E-state index in [-0.39, 0.29) is 0 Å². The van der Waals surface area contributed by atoms with E-state index in [9.17, 15) is 40.2 Å². The molecule has 0 aliphatic carbocycles. The fourth-order valence-electron chi connectivity index (χ4n) is 2.92. The number of rotatable bonds is 5. The van der Waals surface area contributed by atoms with E-state index in [0.29, 0.717) is 0 Å². The Morgan fingerprint density at radius 2 is 1.69 bits per heavy atom. The Labute approximate surface area is 147 Å². The van der Waals surface area contributed by atoms with E-state index in [1.54, 1.807) is 0 Å². The molecule has 2 aliphatic heterocycles. The molecule has 150 valence electrons. The van der Waals surface area contributed by atoms with Crippen LogP contribution < -0.4 is 0 Å². The first-order valence-corrected chi connectivity index (χ1v) is 7.81. The number of hydrogen-bond donors (Lipinski definition) is 7. The Morgan fingerprint density at radius 1 is 1.04 bits per heavy atom. The van der Waals surface area contributed by atoms with Crippen LogP contribution >= 0.6 is 0 Å².